The monoisotopic (exact) mass is 463 g/mol. The number of nitrogens with zero attached hydrogens (tertiary/aromatic N) is 2. The molecule has 8 nitrogen and oxygen atoms in total. The van der Waals surface area contributed by atoms with Gasteiger partial charge in [-0.2, -0.15) is 0 Å². The molecule has 34 heavy (non-hydrogen) atoms. The molecule has 0 saturated carbocycles. The van der Waals surface area contributed by atoms with Crippen molar-refractivity contribution in [1.29, 1.82) is 0 Å². The number of rotatable bonds is 8. The highest BCUT2D eigenvalue weighted by molar-refractivity contribution is 5.99. The molecule has 2 amide bonds. The van der Waals surface area contributed by atoms with Crippen molar-refractivity contribution in [1.82, 2.24) is 14.8 Å². The number of methoxy groups -OCH3 is 1. The van der Waals surface area contributed by atoms with Gasteiger partial charge in [0.15, 0.2) is 0 Å². The first-order chi connectivity index (χ1) is 16.5. The zero-order chi connectivity index (χ0) is 24.1. The number of hydrogen-bond donors (Lipinski definition) is 1. The maximum absolute atomic E-state index is 13.4. The molecule has 1 fully saturated rings. The molecule has 8 heteroatoms. The largest absolute Gasteiger partial charge is 0.497 e. The van der Waals surface area contributed by atoms with Crippen molar-refractivity contribution in [3.63, 3.8) is 0 Å². The average Bonchev–Trinajstić information content (AvgIpc) is 3.27. The smallest absolute Gasteiger partial charge is 0.308 e. The third-order valence-corrected chi connectivity index (χ3v) is 6.16. The molecule has 3 aromatic rings. The van der Waals surface area contributed by atoms with E-state index in [1.165, 1.54) is 4.90 Å². The fraction of sp³-hybridized carbons (Fsp3) is 0.346. The van der Waals surface area contributed by atoms with Crippen molar-refractivity contribution in [3.05, 3.63) is 65.9 Å². The highest BCUT2D eigenvalue weighted by atomic mass is 16.5. The highest BCUT2D eigenvalue weighted by Gasteiger charge is 2.39. The van der Waals surface area contributed by atoms with Crippen LogP contribution in [0.1, 0.15) is 29.3 Å². The van der Waals surface area contributed by atoms with Gasteiger partial charge in [0.2, 0.25) is 5.91 Å². The number of aromatic amines is 1. The lowest BCUT2D eigenvalue weighted by Crippen LogP contribution is -2.59. The van der Waals surface area contributed by atoms with E-state index in [1.54, 1.807) is 43.2 Å². The van der Waals surface area contributed by atoms with Gasteiger partial charge < -0.3 is 24.3 Å². The molecule has 2 aromatic carbocycles. The van der Waals surface area contributed by atoms with E-state index in [9.17, 15) is 14.4 Å². The number of esters is 1. The molecule has 1 unspecified atom stereocenters. The number of carbonyl (C=O) groups is 3. The summed E-state index contributed by atoms with van der Waals surface area (Å²) in [6.07, 6.45) is 2.42. The molecule has 0 spiro atoms. The summed E-state index contributed by atoms with van der Waals surface area (Å²) in [7, 11) is 1.63. The van der Waals surface area contributed by atoms with Crippen LogP contribution in [0.25, 0.3) is 10.9 Å². The Hall–Kier alpha value is -3.81. The second-order valence-corrected chi connectivity index (χ2v) is 8.19. The summed E-state index contributed by atoms with van der Waals surface area (Å²) in [5.74, 6) is -0.211. The van der Waals surface area contributed by atoms with Gasteiger partial charge in [-0.3, -0.25) is 14.4 Å². The van der Waals surface area contributed by atoms with Gasteiger partial charge in [0.05, 0.1) is 20.1 Å². The van der Waals surface area contributed by atoms with Crippen molar-refractivity contribution in [2.45, 2.75) is 25.8 Å². The van der Waals surface area contributed by atoms with E-state index < -0.39 is 12.0 Å². The second kappa shape index (κ2) is 10.4. The number of benzene rings is 2. The molecular formula is C26H29N3O5. The Bertz CT molecular complexity index is 1170. The van der Waals surface area contributed by atoms with Crippen molar-refractivity contribution in [3.8, 4) is 5.75 Å². The first-order valence-corrected chi connectivity index (χ1v) is 11.5. The number of nitrogens with one attached hydrogen (secondary N) is 1. The van der Waals surface area contributed by atoms with Crippen LogP contribution in [0.4, 0.5) is 0 Å². The Labute approximate surface area is 198 Å². The summed E-state index contributed by atoms with van der Waals surface area (Å²) in [5, 5.41) is 1.05. The zero-order valence-corrected chi connectivity index (χ0v) is 19.5. The summed E-state index contributed by atoms with van der Waals surface area (Å²) in [4.78, 5) is 45.3. The van der Waals surface area contributed by atoms with Crippen LogP contribution in [0, 0.1) is 0 Å². The number of carbonyl (C=O) groups excluding carboxylic acids is 3. The Morgan fingerprint density at radius 3 is 2.65 bits per heavy atom. The van der Waals surface area contributed by atoms with Gasteiger partial charge in [0, 0.05) is 42.3 Å². The van der Waals surface area contributed by atoms with Gasteiger partial charge in [-0.1, -0.05) is 18.2 Å². The lowest BCUT2D eigenvalue weighted by molar-refractivity contribution is -0.151. The van der Waals surface area contributed by atoms with E-state index in [-0.39, 0.29) is 24.8 Å². The molecule has 1 atom stereocenters. The molecule has 0 aliphatic carbocycles. The van der Waals surface area contributed by atoms with Crippen molar-refractivity contribution in [2.24, 2.45) is 0 Å². The van der Waals surface area contributed by atoms with Crippen LogP contribution < -0.4 is 4.74 Å². The van der Waals surface area contributed by atoms with Gasteiger partial charge in [0.1, 0.15) is 11.8 Å². The van der Waals surface area contributed by atoms with Crippen LogP contribution in [-0.4, -0.2) is 72.0 Å². The number of H-pyrrole nitrogens is 1. The van der Waals surface area contributed by atoms with E-state index in [0.29, 0.717) is 31.6 Å². The summed E-state index contributed by atoms with van der Waals surface area (Å²) >= 11 is 0. The molecule has 1 N–H and O–H groups in total. The Morgan fingerprint density at radius 1 is 1.12 bits per heavy atom. The quantitative estimate of drug-likeness (QED) is 0.519. The first-order valence-electron chi connectivity index (χ1n) is 11.5. The number of fused-ring (bicyclic) bond motifs is 1. The van der Waals surface area contributed by atoms with Crippen molar-refractivity contribution >= 4 is 28.7 Å². The van der Waals surface area contributed by atoms with Crippen LogP contribution in [-0.2, 0) is 20.7 Å². The summed E-state index contributed by atoms with van der Waals surface area (Å²) in [6, 6.07) is 13.8. The first kappa shape index (κ1) is 23.4. The van der Waals surface area contributed by atoms with E-state index in [0.717, 1.165) is 22.2 Å². The van der Waals surface area contributed by atoms with E-state index in [2.05, 4.69) is 4.98 Å². The minimum Gasteiger partial charge on any atom is -0.497 e. The fourth-order valence-corrected chi connectivity index (χ4v) is 4.37. The van der Waals surface area contributed by atoms with Gasteiger partial charge in [-0.15, -0.1) is 0 Å². The molecule has 1 aromatic heterocycles. The topological polar surface area (TPSA) is 91.9 Å². The highest BCUT2D eigenvalue weighted by Crippen LogP contribution is 2.25. The van der Waals surface area contributed by atoms with Crippen LogP contribution >= 0.6 is 0 Å². The third kappa shape index (κ3) is 4.90. The molecule has 2 heterocycles. The molecule has 1 saturated heterocycles. The molecule has 178 valence electrons. The molecule has 0 radical (unpaired) electrons. The summed E-state index contributed by atoms with van der Waals surface area (Å²) in [6.45, 7) is 3.18. The molecule has 1 aliphatic heterocycles. The predicted molar refractivity (Wildman–Crippen MR) is 128 cm³/mol. The van der Waals surface area contributed by atoms with E-state index in [4.69, 9.17) is 9.47 Å². The second-order valence-electron chi connectivity index (χ2n) is 8.19. The normalized spacial score (nSPS) is 16.1. The van der Waals surface area contributed by atoms with Crippen LogP contribution in [0.15, 0.2) is 54.7 Å². The van der Waals surface area contributed by atoms with Gasteiger partial charge in [0.25, 0.3) is 5.91 Å². The minimum absolute atomic E-state index is 0.161. The Kier molecular flexibility index (Phi) is 7.15. The summed E-state index contributed by atoms with van der Waals surface area (Å²) in [5.41, 5.74) is 2.57. The molecule has 4 rings (SSSR count). The zero-order valence-electron chi connectivity index (χ0n) is 19.5. The Balaban J connectivity index is 1.51. The van der Waals surface area contributed by atoms with E-state index >= 15 is 0 Å². The predicted octanol–water partition coefficient (Wildman–Crippen LogP) is 3.03. The lowest BCUT2D eigenvalue weighted by atomic mass is 10.0. The number of aromatic nitrogens is 1. The summed E-state index contributed by atoms with van der Waals surface area (Å²) < 4.78 is 10.4. The maximum Gasteiger partial charge on any atom is 0.308 e. The third-order valence-electron chi connectivity index (χ3n) is 6.16. The minimum atomic E-state index is -0.886. The average molecular weight is 464 g/mol. The maximum atomic E-state index is 13.4. The number of piperazine rings is 1. The number of amides is 2. The Morgan fingerprint density at radius 2 is 1.91 bits per heavy atom. The molecular weight excluding hydrogens is 434 g/mol. The van der Waals surface area contributed by atoms with Gasteiger partial charge >= 0.3 is 5.97 Å². The standard InChI is InChI=1S/C26H29N3O5/c1-3-34-24(30)16-23-26(32)28(13-14-29(23)25(31)18-7-5-4-6-8-18)12-11-19-17-27-22-10-9-20(33-2)15-21(19)22/h4-10,15,17,23,27H,3,11-14,16H2,1-2H3. The van der Waals surface area contributed by atoms with Crippen molar-refractivity contribution < 1.29 is 23.9 Å². The van der Waals surface area contributed by atoms with Crippen LogP contribution in [0.2, 0.25) is 0 Å². The van der Waals surface area contributed by atoms with Gasteiger partial charge in [-0.25, -0.2) is 0 Å². The molecule has 1 aliphatic rings. The number of ether oxygens (including phenoxy) is 2. The number of hydrogen-bond acceptors (Lipinski definition) is 5. The van der Waals surface area contributed by atoms with Crippen LogP contribution in [0.5, 0.6) is 5.75 Å². The van der Waals surface area contributed by atoms with Gasteiger partial charge in [-0.05, 0) is 49.2 Å². The van der Waals surface area contributed by atoms with Crippen molar-refractivity contribution in [2.75, 3.05) is 33.4 Å². The SMILES string of the molecule is CCOC(=O)CC1C(=O)N(CCc2c[nH]c3ccc(OC)cc23)CCN1C(=O)c1ccccc1. The lowest BCUT2D eigenvalue weighted by Gasteiger charge is -2.40. The fourth-order valence-electron chi connectivity index (χ4n) is 4.37. The molecule has 0 bridgehead atoms. The van der Waals surface area contributed by atoms with Crippen LogP contribution in [0.3, 0.4) is 0 Å². The van der Waals surface area contributed by atoms with E-state index in [1.807, 2.05) is 30.5 Å².